The minimum Gasteiger partial charge on any atom is -0.481 e. The number of halogens is 1. The summed E-state index contributed by atoms with van der Waals surface area (Å²) in [6, 6.07) is 7.61. The average molecular weight is 267 g/mol. The van der Waals surface area contributed by atoms with Crippen molar-refractivity contribution >= 4 is 17.6 Å². The molecule has 0 bridgehead atoms. The first-order valence-electron chi connectivity index (χ1n) is 6.37. The van der Waals surface area contributed by atoms with Crippen LogP contribution >= 0.6 is 11.6 Å². The fraction of sp³-hybridized carbons (Fsp3) is 0.533. The summed E-state index contributed by atoms with van der Waals surface area (Å²) in [4.78, 5) is 11.4. The molecular weight excluding hydrogens is 248 g/mol. The van der Waals surface area contributed by atoms with Crippen molar-refractivity contribution in [2.75, 3.05) is 0 Å². The summed E-state index contributed by atoms with van der Waals surface area (Å²) in [5.74, 6) is -0.840. The smallest absolute Gasteiger partial charge is 0.307 e. The van der Waals surface area contributed by atoms with Gasteiger partial charge in [-0.3, -0.25) is 4.79 Å². The third-order valence-electron chi connectivity index (χ3n) is 4.01. The number of aliphatic carboxylic acids is 1. The van der Waals surface area contributed by atoms with E-state index in [9.17, 15) is 9.90 Å². The molecule has 0 amide bonds. The normalized spacial score (nSPS) is 26.8. The van der Waals surface area contributed by atoms with E-state index in [4.69, 9.17) is 11.6 Å². The summed E-state index contributed by atoms with van der Waals surface area (Å²) in [5, 5.41) is 10.1. The number of carbonyl (C=O) groups is 1. The lowest BCUT2D eigenvalue weighted by molar-refractivity contribution is -0.144. The summed E-state index contributed by atoms with van der Waals surface area (Å²) >= 11 is 5.89. The number of carboxylic acids is 1. The average Bonchev–Trinajstić information content (AvgIpc) is 2.28. The van der Waals surface area contributed by atoms with Crippen LogP contribution in [-0.2, 0) is 4.79 Å². The summed E-state index contributed by atoms with van der Waals surface area (Å²) in [6.07, 6.45) is 2.66. The monoisotopic (exact) mass is 266 g/mol. The van der Waals surface area contributed by atoms with Crippen LogP contribution in [0.1, 0.15) is 44.6 Å². The first kappa shape index (κ1) is 13.4. The van der Waals surface area contributed by atoms with Gasteiger partial charge < -0.3 is 5.11 Å². The number of rotatable bonds is 2. The minimum atomic E-state index is -0.676. The molecule has 0 saturated heterocycles. The van der Waals surface area contributed by atoms with Crippen LogP contribution in [0, 0.1) is 11.3 Å². The second-order valence-corrected chi connectivity index (χ2v) is 6.45. The zero-order chi connectivity index (χ0) is 13.3. The van der Waals surface area contributed by atoms with Gasteiger partial charge in [0.2, 0.25) is 0 Å². The zero-order valence-electron chi connectivity index (χ0n) is 10.8. The molecule has 0 aromatic heterocycles. The SMILES string of the molecule is CC1(C)CCC(C(=O)O)C(c2ccc(Cl)cc2)C1. The molecule has 1 aliphatic carbocycles. The molecule has 1 N–H and O–H groups in total. The van der Waals surface area contributed by atoms with E-state index in [2.05, 4.69) is 13.8 Å². The van der Waals surface area contributed by atoms with Crippen LogP contribution in [0.3, 0.4) is 0 Å². The largest absolute Gasteiger partial charge is 0.481 e. The second-order valence-electron chi connectivity index (χ2n) is 6.01. The Bertz CT molecular complexity index is 436. The highest BCUT2D eigenvalue weighted by Gasteiger charge is 2.39. The van der Waals surface area contributed by atoms with Crippen LogP contribution in [-0.4, -0.2) is 11.1 Å². The van der Waals surface area contributed by atoms with E-state index >= 15 is 0 Å². The Morgan fingerprint density at radius 2 is 1.94 bits per heavy atom. The molecule has 3 heteroatoms. The molecule has 18 heavy (non-hydrogen) atoms. The maximum atomic E-state index is 11.4. The Morgan fingerprint density at radius 3 is 2.50 bits per heavy atom. The molecule has 0 aliphatic heterocycles. The van der Waals surface area contributed by atoms with E-state index in [1.165, 1.54) is 0 Å². The molecule has 0 spiro atoms. The molecule has 2 unspecified atom stereocenters. The first-order chi connectivity index (χ1) is 8.39. The van der Waals surface area contributed by atoms with Crippen molar-refractivity contribution in [2.24, 2.45) is 11.3 Å². The Labute approximate surface area is 113 Å². The predicted octanol–water partition coefficient (Wildman–Crippen LogP) is 4.33. The summed E-state index contributed by atoms with van der Waals surface area (Å²) < 4.78 is 0. The molecule has 0 radical (unpaired) electrons. The Kier molecular flexibility index (Phi) is 3.67. The number of benzene rings is 1. The van der Waals surface area contributed by atoms with Gasteiger partial charge in [0.25, 0.3) is 0 Å². The van der Waals surface area contributed by atoms with Gasteiger partial charge in [-0.05, 0) is 48.3 Å². The number of hydrogen-bond acceptors (Lipinski definition) is 1. The molecule has 1 saturated carbocycles. The number of hydrogen-bond donors (Lipinski definition) is 1. The molecule has 1 aromatic carbocycles. The molecule has 1 fully saturated rings. The van der Waals surface area contributed by atoms with E-state index in [1.54, 1.807) is 0 Å². The lowest BCUT2D eigenvalue weighted by Crippen LogP contribution is -2.32. The summed E-state index contributed by atoms with van der Waals surface area (Å²) in [6.45, 7) is 4.43. The van der Waals surface area contributed by atoms with Crippen molar-refractivity contribution in [3.63, 3.8) is 0 Å². The quantitative estimate of drug-likeness (QED) is 0.865. The fourth-order valence-electron chi connectivity index (χ4n) is 2.94. The Hall–Kier alpha value is -1.02. The van der Waals surface area contributed by atoms with Crippen molar-refractivity contribution in [2.45, 2.75) is 39.0 Å². The van der Waals surface area contributed by atoms with Gasteiger partial charge in [-0.15, -0.1) is 0 Å². The third kappa shape index (κ3) is 2.86. The summed E-state index contributed by atoms with van der Waals surface area (Å²) in [5.41, 5.74) is 1.32. The van der Waals surface area contributed by atoms with Gasteiger partial charge >= 0.3 is 5.97 Å². The van der Waals surface area contributed by atoms with Gasteiger partial charge in [-0.1, -0.05) is 37.6 Å². The minimum absolute atomic E-state index is 0.100. The fourth-order valence-corrected chi connectivity index (χ4v) is 3.07. The second kappa shape index (κ2) is 4.93. The summed E-state index contributed by atoms with van der Waals surface area (Å²) in [7, 11) is 0. The highest BCUT2D eigenvalue weighted by atomic mass is 35.5. The van der Waals surface area contributed by atoms with Gasteiger partial charge in [0.05, 0.1) is 5.92 Å². The van der Waals surface area contributed by atoms with Crippen LogP contribution in [0.2, 0.25) is 5.02 Å². The molecular formula is C15H19ClO2. The molecule has 2 nitrogen and oxygen atoms in total. The lowest BCUT2D eigenvalue weighted by Gasteiger charge is -2.39. The molecule has 0 heterocycles. The van der Waals surface area contributed by atoms with Crippen molar-refractivity contribution in [1.29, 1.82) is 0 Å². The standard InChI is InChI=1S/C15H19ClO2/c1-15(2)8-7-12(14(17)18)13(9-15)10-3-5-11(16)6-4-10/h3-6,12-13H,7-9H2,1-2H3,(H,17,18). The highest BCUT2D eigenvalue weighted by Crippen LogP contribution is 2.46. The topological polar surface area (TPSA) is 37.3 Å². The van der Waals surface area contributed by atoms with E-state index < -0.39 is 5.97 Å². The van der Waals surface area contributed by atoms with Gasteiger partial charge in [0.1, 0.15) is 0 Å². The van der Waals surface area contributed by atoms with Crippen LogP contribution in [0.4, 0.5) is 0 Å². The van der Waals surface area contributed by atoms with Crippen molar-refractivity contribution in [3.8, 4) is 0 Å². The van der Waals surface area contributed by atoms with Crippen molar-refractivity contribution < 1.29 is 9.90 Å². The van der Waals surface area contributed by atoms with Crippen LogP contribution in [0.5, 0.6) is 0 Å². The lowest BCUT2D eigenvalue weighted by atomic mass is 9.65. The van der Waals surface area contributed by atoms with Crippen LogP contribution in [0.15, 0.2) is 24.3 Å². The number of carboxylic acid groups (broad SMARTS) is 1. The molecule has 1 aromatic rings. The van der Waals surface area contributed by atoms with E-state index in [0.29, 0.717) is 5.02 Å². The predicted molar refractivity (Wildman–Crippen MR) is 73.0 cm³/mol. The molecule has 98 valence electrons. The van der Waals surface area contributed by atoms with Crippen molar-refractivity contribution in [3.05, 3.63) is 34.9 Å². The van der Waals surface area contributed by atoms with E-state index in [0.717, 1.165) is 24.8 Å². The van der Waals surface area contributed by atoms with Gasteiger partial charge in [0, 0.05) is 5.02 Å². The van der Waals surface area contributed by atoms with Gasteiger partial charge in [0.15, 0.2) is 0 Å². The maximum absolute atomic E-state index is 11.4. The van der Waals surface area contributed by atoms with Crippen LogP contribution < -0.4 is 0 Å². The molecule has 2 rings (SSSR count). The molecule has 1 aliphatic rings. The van der Waals surface area contributed by atoms with Crippen LogP contribution in [0.25, 0.3) is 0 Å². The van der Waals surface area contributed by atoms with E-state index in [1.807, 2.05) is 24.3 Å². The molecule has 2 atom stereocenters. The first-order valence-corrected chi connectivity index (χ1v) is 6.75. The van der Waals surface area contributed by atoms with Crippen molar-refractivity contribution in [1.82, 2.24) is 0 Å². The Balaban J connectivity index is 2.30. The van der Waals surface area contributed by atoms with Gasteiger partial charge in [-0.2, -0.15) is 0 Å². The Morgan fingerprint density at radius 1 is 1.33 bits per heavy atom. The highest BCUT2D eigenvalue weighted by molar-refractivity contribution is 6.30. The zero-order valence-corrected chi connectivity index (χ0v) is 11.6. The van der Waals surface area contributed by atoms with E-state index in [-0.39, 0.29) is 17.3 Å². The third-order valence-corrected chi connectivity index (χ3v) is 4.26. The van der Waals surface area contributed by atoms with Gasteiger partial charge in [-0.25, -0.2) is 0 Å². The maximum Gasteiger partial charge on any atom is 0.307 e.